The Morgan fingerprint density at radius 1 is 0.970 bits per heavy atom. The van der Waals surface area contributed by atoms with Gasteiger partial charge >= 0.3 is 6.03 Å². The summed E-state index contributed by atoms with van der Waals surface area (Å²) in [6.45, 7) is 5.39. The van der Waals surface area contributed by atoms with Crippen molar-refractivity contribution >= 4 is 29.4 Å². The van der Waals surface area contributed by atoms with Gasteiger partial charge in [-0.25, -0.2) is 4.79 Å². The van der Waals surface area contributed by atoms with Gasteiger partial charge in [0.1, 0.15) is 5.54 Å². The van der Waals surface area contributed by atoms with Crippen LogP contribution in [-0.2, 0) is 19.9 Å². The summed E-state index contributed by atoms with van der Waals surface area (Å²) in [5, 5.41) is 6.28. The number of hydrogen-bond donors (Lipinski definition) is 3. The lowest BCUT2D eigenvalue weighted by Gasteiger charge is -2.25. The van der Waals surface area contributed by atoms with E-state index in [1.807, 2.05) is 38.1 Å². The third kappa shape index (κ3) is 5.04. The third-order valence-electron chi connectivity index (χ3n) is 5.70. The molecule has 0 bridgehead atoms. The van der Waals surface area contributed by atoms with E-state index < -0.39 is 23.4 Å². The molecule has 1 unspecified atom stereocenters. The maximum Gasteiger partial charge on any atom is 0.344 e. The summed E-state index contributed by atoms with van der Waals surface area (Å²) in [5.41, 5.74) is 4.41. The normalized spacial score (nSPS) is 17.8. The number of rotatable bonds is 8. The molecular weight excluding hydrogens is 422 g/mol. The number of benzene rings is 2. The fourth-order valence-corrected chi connectivity index (χ4v) is 3.94. The van der Waals surface area contributed by atoms with Gasteiger partial charge in [0.25, 0.3) is 11.8 Å². The smallest absolute Gasteiger partial charge is 0.324 e. The second-order valence-electron chi connectivity index (χ2n) is 8.22. The number of aryl methyl sites for hydroxylation is 2. The van der Waals surface area contributed by atoms with Gasteiger partial charge in [-0.3, -0.25) is 24.7 Å². The lowest BCUT2D eigenvalue weighted by molar-refractivity contribution is -0.140. The summed E-state index contributed by atoms with van der Waals surface area (Å²) in [6, 6.07) is 13.9. The quantitative estimate of drug-likeness (QED) is 0.532. The molecule has 1 heterocycles. The molecule has 0 aromatic heterocycles. The van der Waals surface area contributed by atoms with Crippen molar-refractivity contribution in [2.75, 3.05) is 25.5 Å². The van der Waals surface area contributed by atoms with Crippen molar-refractivity contribution in [3.63, 3.8) is 0 Å². The first-order chi connectivity index (χ1) is 15.7. The molecule has 1 aliphatic rings. The van der Waals surface area contributed by atoms with Crippen LogP contribution in [0.2, 0.25) is 0 Å². The van der Waals surface area contributed by atoms with Crippen molar-refractivity contribution in [2.45, 2.75) is 32.7 Å². The molecule has 5 amide bonds. The molecule has 1 fully saturated rings. The Morgan fingerprint density at radius 3 is 2.18 bits per heavy atom. The maximum absolute atomic E-state index is 13.1. The fourth-order valence-electron chi connectivity index (χ4n) is 3.94. The molecule has 0 saturated carbocycles. The van der Waals surface area contributed by atoms with Crippen molar-refractivity contribution in [3.8, 4) is 0 Å². The number of hydrogen-bond acceptors (Lipinski definition) is 5. The highest BCUT2D eigenvalue weighted by molar-refractivity contribution is 6.08. The Bertz CT molecular complexity index is 1050. The zero-order valence-corrected chi connectivity index (χ0v) is 19.3. The summed E-state index contributed by atoms with van der Waals surface area (Å²) in [5.74, 6) is -1.41. The van der Waals surface area contributed by atoms with Gasteiger partial charge in [0.2, 0.25) is 5.91 Å². The van der Waals surface area contributed by atoms with Crippen LogP contribution in [0.5, 0.6) is 0 Å². The number of para-hydroxylation sites is 1. The fraction of sp³-hybridized carbons (Fsp3) is 0.333. The van der Waals surface area contributed by atoms with E-state index in [1.54, 1.807) is 38.2 Å². The molecule has 0 aliphatic carbocycles. The van der Waals surface area contributed by atoms with Crippen LogP contribution in [0.3, 0.4) is 0 Å². The molecule has 0 radical (unpaired) electrons. The summed E-state index contributed by atoms with van der Waals surface area (Å²) in [6.07, 6.45) is 0.326. The van der Waals surface area contributed by atoms with Crippen LogP contribution in [0.1, 0.15) is 30.0 Å². The van der Waals surface area contributed by atoms with E-state index in [-0.39, 0.29) is 19.0 Å². The monoisotopic (exact) mass is 451 g/mol. The van der Waals surface area contributed by atoms with Gasteiger partial charge in [0.05, 0.1) is 13.1 Å². The number of carbonyl (C=O) groups excluding carboxylic acids is 4. The highest BCUT2D eigenvalue weighted by atomic mass is 16.2. The first-order valence-electron chi connectivity index (χ1n) is 10.7. The van der Waals surface area contributed by atoms with Crippen molar-refractivity contribution in [1.29, 1.82) is 0 Å². The van der Waals surface area contributed by atoms with Crippen molar-refractivity contribution in [3.05, 3.63) is 65.2 Å². The molecule has 1 aliphatic heterocycles. The van der Waals surface area contributed by atoms with E-state index in [9.17, 15) is 19.2 Å². The zero-order valence-electron chi connectivity index (χ0n) is 19.3. The molecule has 33 heavy (non-hydrogen) atoms. The Hall–Kier alpha value is -3.72. The van der Waals surface area contributed by atoms with Gasteiger partial charge in [-0.1, -0.05) is 55.5 Å². The second kappa shape index (κ2) is 9.83. The molecule has 3 N–H and O–H groups in total. The van der Waals surface area contributed by atoms with Crippen molar-refractivity contribution < 1.29 is 19.2 Å². The number of anilines is 1. The molecule has 2 aromatic rings. The molecule has 9 nitrogen and oxygen atoms in total. The predicted molar refractivity (Wildman–Crippen MR) is 124 cm³/mol. The van der Waals surface area contributed by atoms with Gasteiger partial charge in [-0.2, -0.15) is 5.01 Å². The molecule has 1 atom stereocenters. The third-order valence-corrected chi connectivity index (χ3v) is 5.70. The molecule has 2 aromatic carbocycles. The Morgan fingerprint density at radius 2 is 1.58 bits per heavy atom. The number of imide groups is 1. The van der Waals surface area contributed by atoms with Crippen LogP contribution < -0.4 is 16.1 Å². The Kier molecular flexibility index (Phi) is 7.13. The largest absolute Gasteiger partial charge is 0.344 e. The number of likely N-dealkylation sites (N-methyl/N-ethyl adjacent to an activating group) is 1. The predicted octanol–water partition coefficient (Wildman–Crippen LogP) is 2.06. The number of nitrogens with zero attached hydrogens (tertiary/aromatic N) is 2. The van der Waals surface area contributed by atoms with E-state index in [0.29, 0.717) is 17.0 Å². The van der Waals surface area contributed by atoms with Crippen LogP contribution in [-0.4, -0.2) is 53.8 Å². The summed E-state index contributed by atoms with van der Waals surface area (Å²) in [7, 11) is 1.61. The minimum absolute atomic E-state index is 0.0375. The number of hydrazine groups is 1. The van der Waals surface area contributed by atoms with Gasteiger partial charge in [0.15, 0.2) is 0 Å². The highest BCUT2D eigenvalue weighted by Gasteiger charge is 2.52. The van der Waals surface area contributed by atoms with Crippen LogP contribution in [0.4, 0.5) is 10.5 Å². The Balaban J connectivity index is 1.59. The van der Waals surface area contributed by atoms with Gasteiger partial charge < -0.3 is 10.6 Å². The van der Waals surface area contributed by atoms with Crippen LogP contribution in [0, 0.1) is 13.8 Å². The van der Waals surface area contributed by atoms with Crippen LogP contribution in [0.15, 0.2) is 48.5 Å². The topological polar surface area (TPSA) is 111 Å². The van der Waals surface area contributed by atoms with Gasteiger partial charge in [0, 0.05) is 5.69 Å². The molecule has 9 heteroatoms. The van der Waals surface area contributed by atoms with E-state index in [4.69, 9.17) is 0 Å². The standard InChI is InChI=1S/C24H29N5O4/c1-5-24(18-12-7-6-8-13-18)22(32)29(23(33)26-24)27-20(31)15-28(4)14-19(30)25-21-16(2)10-9-11-17(21)3/h6-13H,5,14-15H2,1-4H3,(H,25,30)(H,26,33)(H,27,31). The molecule has 1 saturated heterocycles. The van der Waals surface area contributed by atoms with Gasteiger partial charge in [-0.05, 0) is 44.0 Å². The van der Waals surface area contributed by atoms with E-state index >= 15 is 0 Å². The maximum atomic E-state index is 13.1. The van der Waals surface area contributed by atoms with Gasteiger partial charge in [-0.15, -0.1) is 0 Å². The van der Waals surface area contributed by atoms with Crippen molar-refractivity contribution in [2.24, 2.45) is 0 Å². The number of nitrogens with one attached hydrogen (secondary N) is 3. The molecule has 0 spiro atoms. The number of carbonyl (C=O) groups is 4. The first-order valence-corrected chi connectivity index (χ1v) is 10.7. The lowest BCUT2D eigenvalue weighted by Crippen LogP contribution is -2.51. The molecular formula is C24H29N5O4. The van der Waals surface area contributed by atoms with Crippen LogP contribution >= 0.6 is 0 Å². The van der Waals surface area contributed by atoms with Crippen LogP contribution in [0.25, 0.3) is 0 Å². The van der Waals surface area contributed by atoms with E-state index in [0.717, 1.165) is 16.8 Å². The first kappa shape index (κ1) is 23.9. The average Bonchev–Trinajstić information content (AvgIpc) is 3.02. The number of urea groups is 1. The van der Waals surface area contributed by atoms with E-state index in [2.05, 4.69) is 16.1 Å². The SMILES string of the molecule is CCC1(c2ccccc2)NC(=O)N(NC(=O)CN(C)CC(=O)Nc2c(C)cccc2C)C1=O. The average molecular weight is 452 g/mol. The summed E-state index contributed by atoms with van der Waals surface area (Å²) < 4.78 is 0. The molecule has 174 valence electrons. The minimum atomic E-state index is -1.23. The zero-order chi connectivity index (χ0) is 24.2. The summed E-state index contributed by atoms with van der Waals surface area (Å²) in [4.78, 5) is 52.0. The number of amides is 5. The minimum Gasteiger partial charge on any atom is -0.324 e. The lowest BCUT2D eigenvalue weighted by atomic mass is 9.87. The van der Waals surface area contributed by atoms with Crippen molar-refractivity contribution in [1.82, 2.24) is 20.7 Å². The highest BCUT2D eigenvalue weighted by Crippen LogP contribution is 2.31. The molecule has 3 rings (SSSR count). The Labute approximate surface area is 193 Å². The summed E-state index contributed by atoms with van der Waals surface area (Å²) >= 11 is 0. The van der Waals surface area contributed by atoms with E-state index in [1.165, 1.54) is 4.90 Å². The second-order valence-corrected chi connectivity index (χ2v) is 8.22.